The third-order valence-electron chi connectivity index (χ3n) is 4.92. The van der Waals surface area contributed by atoms with Crippen LogP contribution in [0.25, 0.3) is 33.7 Å². The molecule has 5 rings (SSSR count). The summed E-state index contributed by atoms with van der Waals surface area (Å²) >= 11 is 0. The first-order valence-corrected chi connectivity index (χ1v) is 9.50. The number of aromatic nitrogens is 1. The fourth-order valence-electron chi connectivity index (χ4n) is 3.59. The summed E-state index contributed by atoms with van der Waals surface area (Å²) in [5.74, 6) is 4.20. The van der Waals surface area contributed by atoms with Crippen LogP contribution >= 0.6 is 0 Å². The maximum absolute atomic E-state index is 9.87. The fraction of sp³-hybridized carbons (Fsp3) is 0.0400. The lowest BCUT2D eigenvalue weighted by Gasteiger charge is -1.97. The van der Waals surface area contributed by atoms with Crippen LogP contribution in [0.15, 0.2) is 85.5 Å². The molecule has 0 amide bonds. The Labute approximate surface area is 177 Å². The van der Waals surface area contributed by atoms with Crippen molar-refractivity contribution in [3.05, 3.63) is 78.4 Å². The molecular formula is C25H15N3O3. The molecule has 4 heterocycles. The zero-order valence-electron chi connectivity index (χ0n) is 16.3. The Balaban J connectivity index is 1.65. The van der Waals surface area contributed by atoms with Gasteiger partial charge in [0.2, 0.25) is 5.88 Å². The number of rotatable bonds is 5. The molecule has 0 saturated heterocycles. The summed E-state index contributed by atoms with van der Waals surface area (Å²) in [6, 6.07) is 17.1. The first kappa shape index (κ1) is 18.4. The van der Waals surface area contributed by atoms with Crippen molar-refractivity contribution >= 4 is 23.0 Å². The third kappa shape index (κ3) is 3.13. The van der Waals surface area contributed by atoms with E-state index in [-0.39, 0.29) is 11.4 Å². The molecule has 0 fully saturated rings. The van der Waals surface area contributed by atoms with Crippen LogP contribution in [0.3, 0.4) is 0 Å². The van der Waals surface area contributed by atoms with Crippen LogP contribution in [0.1, 0.15) is 11.1 Å². The van der Waals surface area contributed by atoms with Crippen molar-refractivity contribution in [3.8, 4) is 41.3 Å². The van der Waals surface area contributed by atoms with E-state index >= 15 is 0 Å². The molecule has 148 valence electrons. The second-order valence-corrected chi connectivity index (χ2v) is 6.74. The molecule has 0 spiro atoms. The molecule has 6 nitrogen and oxygen atoms in total. The first-order chi connectivity index (χ1) is 15.3. The number of benzene rings is 1. The smallest absolute Gasteiger partial charge is 0.238 e. The molecule has 0 aliphatic heterocycles. The standard InChI is InChI=1S/C25H15N3O3/c1-2-11-28-16-17(18-7-3-4-8-20(18)28)15-27-25-19(14-26)23(21-9-5-12-29-21)24(31-25)22-10-6-13-30-22/h1,3-10,12-13,15-16H,11H2. The molecule has 0 unspecified atom stereocenters. The number of nitriles is 1. The van der Waals surface area contributed by atoms with Crippen molar-refractivity contribution in [2.75, 3.05) is 0 Å². The van der Waals surface area contributed by atoms with Gasteiger partial charge in [0.25, 0.3) is 0 Å². The molecule has 4 aromatic heterocycles. The predicted molar refractivity (Wildman–Crippen MR) is 117 cm³/mol. The van der Waals surface area contributed by atoms with Crippen molar-refractivity contribution in [2.45, 2.75) is 6.54 Å². The Morgan fingerprint density at radius 2 is 1.81 bits per heavy atom. The van der Waals surface area contributed by atoms with Gasteiger partial charge in [0.15, 0.2) is 11.5 Å². The SMILES string of the molecule is C#CCn1cc(C=Nc2oc(-c3ccco3)c(-c3ccco3)c2C#N)c2ccccc21. The van der Waals surface area contributed by atoms with E-state index in [9.17, 15) is 5.26 Å². The first-order valence-electron chi connectivity index (χ1n) is 9.50. The van der Waals surface area contributed by atoms with Gasteiger partial charge in [0, 0.05) is 28.9 Å². The largest absolute Gasteiger partial charge is 0.464 e. The minimum atomic E-state index is 0.175. The van der Waals surface area contributed by atoms with Crippen LogP contribution in [-0.4, -0.2) is 10.8 Å². The summed E-state index contributed by atoms with van der Waals surface area (Å²) in [6.07, 6.45) is 12.2. The van der Waals surface area contributed by atoms with Crippen molar-refractivity contribution < 1.29 is 13.3 Å². The van der Waals surface area contributed by atoms with E-state index in [0.29, 0.717) is 29.4 Å². The Morgan fingerprint density at radius 1 is 1.03 bits per heavy atom. The van der Waals surface area contributed by atoms with Crippen molar-refractivity contribution in [1.82, 2.24) is 4.57 Å². The normalized spacial score (nSPS) is 11.2. The van der Waals surface area contributed by atoms with Crippen LogP contribution in [-0.2, 0) is 6.54 Å². The lowest BCUT2D eigenvalue weighted by molar-refractivity contribution is 0.527. The monoisotopic (exact) mass is 405 g/mol. The summed E-state index contributed by atoms with van der Waals surface area (Å²) in [6.45, 7) is 0.448. The molecule has 0 saturated carbocycles. The van der Waals surface area contributed by atoms with Gasteiger partial charge in [-0.25, -0.2) is 4.99 Å². The van der Waals surface area contributed by atoms with E-state index in [4.69, 9.17) is 19.7 Å². The number of aliphatic imine (C=N–C) groups is 1. The van der Waals surface area contributed by atoms with E-state index in [1.54, 1.807) is 43.0 Å². The molecule has 0 bridgehead atoms. The molecule has 0 aliphatic carbocycles. The van der Waals surface area contributed by atoms with Gasteiger partial charge in [-0.1, -0.05) is 24.1 Å². The van der Waals surface area contributed by atoms with Crippen molar-refractivity contribution in [2.24, 2.45) is 4.99 Å². The topological polar surface area (TPSA) is 80.5 Å². The highest BCUT2D eigenvalue weighted by Crippen LogP contribution is 2.42. The van der Waals surface area contributed by atoms with Crippen molar-refractivity contribution in [1.29, 1.82) is 5.26 Å². The van der Waals surface area contributed by atoms with Gasteiger partial charge in [0.1, 0.15) is 17.4 Å². The average Bonchev–Trinajstić information content (AvgIpc) is 3.58. The highest BCUT2D eigenvalue weighted by Gasteiger charge is 2.26. The van der Waals surface area contributed by atoms with E-state index in [0.717, 1.165) is 16.5 Å². The minimum Gasteiger partial charge on any atom is -0.464 e. The van der Waals surface area contributed by atoms with Gasteiger partial charge >= 0.3 is 0 Å². The molecule has 0 radical (unpaired) electrons. The lowest BCUT2D eigenvalue weighted by Crippen LogP contribution is -1.91. The summed E-state index contributed by atoms with van der Waals surface area (Å²) in [5.41, 5.74) is 2.65. The van der Waals surface area contributed by atoms with Gasteiger partial charge in [-0.05, 0) is 30.3 Å². The molecule has 6 heteroatoms. The summed E-state index contributed by atoms with van der Waals surface area (Å²) in [4.78, 5) is 4.51. The second-order valence-electron chi connectivity index (χ2n) is 6.74. The Morgan fingerprint density at radius 3 is 2.52 bits per heavy atom. The number of hydrogen-bond acceptors (Lipinski definition) is 5. The quantitative estimate of drug-likeness (QED) is 0.265. The van der Waals surface area contributed by atoms with Crippen molar-refractivity contribution in [3.63, 3.8) is 0 Å². The minimum absolute atomic E-state index is 0.175. The molecule has 0 atom stereocenters. The summed E-state index contributed by atoms with van der Waals surface area (Å²) in [7, 11) is 0. The van der Waals surface area contributed by atoms with Crippen LogP contribution in [0.2, 0.25) is 0 Å². The number of terminal acetylenes is 1. The highest BCUT2D eigenvalue weighted by atomic mass is 16.4. The summed E-state index contributed by atoms with van der Waals surface area (Å²) in [5, 5.41) is 10.9. The average molecular weight is 405 g/mol. The number of para-hydroxylation sites is 1. The molecule has 1 aromatic carbocycles. The number of nitrogens with zero attached hydrogens (tertiary/aromatic N) is 3. The molecule has 0 N–H and O–H groups in total. The zero-order chi connectivity index (χ0) is 21.2. The zero-order valence-corrected chi connectivity index (χ0v) is 16.3. The van der Waals surface area contributed by atoms with E-state index in [1.165, 1.54) is 0 Å². The number of hydrogen-bond donors (Lipinski definition) is 0. The van der Waals surface area contributed by atoms with E-state index in [1.807, 2.05) is 35.0 Å². The van der Waals surface area contributed by atoms with Crippen LogP contribution in [0, 0.1) is 23.7 Å². The second kappa shape index (κ2) is 7.62. The van der Waals surface area contributed by atoms with Gasteiger partial charge in [0.05, 0.1) is 24.6 Å². The number of fused-ring (bicyclic) bond motifs is 1. The highest BCUT2D eigenvalue weighted by molar-refractivity contribution is 6.00. The van der Waals surface area contributed by atoms with Crippen LogP contribution in [0.4, 0.5) is 5.88 Å². The Bertz CT molecular complexity index is 1470. The van der Waals surface area contributed by atoms with E-state index < -0.39 is 0 Å². The molecular weight excluding hydrogens is 390 g/mol. The molecule has 5 aromatic rings. The third-order valence-corrected chi connectivity index (χ3v) is 4.92. The number of furan rings is 3. The van der Waals surface area contributed by atoms with Crippen LogP contribution < -0.4 is 0 Å². The maximum Gasteiger partial charge on any atom is 0.238 e. The Hall–Kier alpha value is -4.68. The fourth-order valence-corrected chi connectivity index (χ4v) is 3.59. The van der Waals surface area contributed by atoms with Crippen LogP contribution in [0.5, 0.6) is 0 Å². The van der Waals surface area contributed by atoms with Gasteiger partial charge in [-0.15, -0.1) is 6.42 Å². The van der Waals surface area contributed by atoms with Gasteiger partial charge < -0.3 is 17.8 Å². The molecule has 31 heavy (non-hydrogen) atoms. The van der Waals surface area contributed by atoms with E-state index in [2.05, 4.69) is 17.0 Å². The summed E-state index contributed by atoms with van der Waals surface area (Å²) < 4.78 is 19.0. The van der Waals surface area contributed by atoms with Gasteiger partial charge in [-0.2, -0.15) is 5.26 Å². The maximum atomic E-state index is 9.87. The predicted octanol–water partition coefficient (Wildman–Crippen LogP) is 6.01. The molecule has 0 aliphatic rings. The Kier molecular flexibility index (Phi) is 4.51. The lowest BCUT2D eigenvalue weighted by atomic mass is 10.1. The van der Waals surface area contributed by atoms with Gasteiger partial charge in [-0.3, -0.25) is 0 Å².